The number of β-lactam (4-membered cyclic amide) rings is 1. The van der Waals surface area contributed by atoms with E-state index in [9.17, 15) is 24.5 Å². The van der Waals surface area contributed by atoms with Crippen LogP contribution in [-0.2, 0) is 14.4 Å². The third kappa shape index (κ3) is 1.87. The lowest BCUT2D eigenvalue weighted by Gasteiger charge is -2.52. The van der Waals surface area contributed by atoms with E-state index in [2.05, 4.69) is 5.32 Å². The molecule has 2 aromatic carbocycles. The van der Waals surface area contributed by atoms with Crippen LogP contribution in [0.3, 0.4) is 0 Å². The lowest BCUT2D eigenvalue weighted by Crippen LogP contribution is -2.73. The third-order valence-corrected chi connectivity index (χ3v) is 9.29. The van der Waals surface area contributed by atoms with E-state index in [-0.39, 0.29) is 40.3 Å². The molecule has 8 heteroatoms. The van der Waals surface area contributed by atoms with E-state index in [1.54, 1.807) is 67.3 Å². The second-order valence-electron chi connectivity index (χ2n) is 10.9. The number of allylic oxidation sites excluding steroid dienone is 1. The maximum absolute atomic E-state index is 14.0. The Labute approximate surface area is 201 Å². The van der Waals surface area contributed by atoms with E-state index < -0.39 is 26.8 Å². The summed E-state index contributed by atoms with van der Waals surface area (Å²) in [6.45, 7) is 4.16. The molecule has 3 saturated heterocycles. The van der Waals surface area contributed by atoms with E-state index >= 15 is 0 Å². The van der Waals surface area contributed by atoms with Crippen LogP contribution in [0.5, 0.6) is 0 Å². The number of rotatable bonds is 3. The second-order valence-corrected chi connectivity index (χ2v) is 10.9. The van der Waals surface area contributed by atoms with Crippen molar-refractivity contribution in [1.29, 1.82) is 0 Å². The van der Waals surface area contributed by atoms with Crippen LogP contribution < -0.4 is 5.32 Å². The fraction of sp³-hybridized carbons (Fsp3) is 0.370. The molecule has 1 saturated carbocycles. The monoisotopic (exact) mass is 469 g/mol. The molecule has 4 atom stereocenters. The van der Waals surface area contributed by atoms with Crippen molar-refractivity contribution < 1.29 is 19.3 Å². The van der Waals surface area contributed by atoms with Gasteiger partial charge in [0.15, 0.2) is 5.78 Å². The van der Waals surface area contributed by atoms with Crippen molar-refractivity contribution in [2.45, 2.75) is 37.8 Å². The Morgan fingerprint density at radius 3 is 2.46 bits per heavy atom. The van der Waals surface area contributed by atoms with Crippen molar-refractivity contribution in [1.82, 2.24) is 10.2 Å². The van der Waals surface area contributed by atoms with E-state index in [0.29, 0.717) is 24.1 Å². The zero-order valence-corrected chi connectivity index (χ0v) is 19.3. The number of amides is 2. The number of hydrogen-bond donors (Lipinski definition) is 1. The van der Waals surface area contributed by atoms with E-state index in [0.717, 1.165) is 6.42 Å². The molecule has 5 aliphatic rings. The Bertz CT molecular complexity index is 1450. The molecule has 3 spiro atoms. The number of benzene rings is 2. The van der Waals surface area contributed by atoms with Gasteiger partial charge in [-0.3, -0.25) is 24.5 Å². The standard InChI is InChI=1S/C27H23N3O5/c1-24(2)20(31)18(17-11-6-10-16(19(17)30(34)35)15-8-4-3-5-9-15)14-25-21(24)27(25)23(33)29-13-7-12-26(27,29)22(32)28-25/h3-6,8-11,14,21H,7,12-13H2,1-2H3,(H,28,32). The van der Waals surface area contributed by atoms with Gasteiger partial charge in [0.1, 0.15) is 11.0 Å². The van der Waals surface area contributed by atoms with Gasteiger partial charge >= 0.3 is 0 Å². The number of nitro groups is 1. The van der Waals surface area contributed by atoms with Gasteiger partial charge in [0.25, 0.3) is 5.69 Å². The Hall–Kier alpha value is -3.81. The first-order valence-electron chi connectivity index (χ1n) is 11.9. The molecule has 2 amide bonds. The highest BCUT2D eigenvalue weighted by atomic mass is 16.6. The fourth-order valence-electron chi connectivity index (χ4n) is 8.22. The van der Waals surface area contributed by atoms with E-state index in [1.807, 2.05) is 6.07 Å². The number of nitrogens with zero attached hydrogens (tertiary/aromatic N) is 2. The molecule has 176 valence electrons. The molecular formula is C27H23N3O5. The number of Topliss-reactive ketones (excluding diaryl/α,β-unsaturated/α-hetero) is 1. The van der Waals surface area contributed by atoms with Crippen LogP contribution in [0.2, 0.25) is 0 Å². The fourth-order valence-corrected chi connectivity index (χ4v) is 8.22. The molecule has 3 aliphatic heterocycles. The number of nitro benzene ring substituents is 1. The minimum atomic E-state index is -0.995. The molecule has 4 fully saturated rings. The summed E-state index contributed by atoms with van der Waals surface area (Å²) in [5, 5.41) is 15.5. The first-order valence-corrected chi connectivity index (χ1v) is 11.9. The number of piperidine rings is 1. The Morgan fingerprint density at radius 1 is 1.03 bits per heavy atom. The van der Waals surface area contributed by atoms with Gasteiger partial charge < -0.3 is 10.2 Å². The van der Waals surface area contributed by atoms with Crippen LogP contribution in [0.15, 0.2) is 54.6 Å². The van der Waals surface area contributed by atoms with Gasteiger partial charge in [0.2, 0.25) is 11.8 Å². The molecule has 2 aliphatic carbocycles. The van der Waals surface area contributed by atoms with Crippen LogP contribution in [0.25, 0.3) is 16.7 Å². The van der Waals surface area contributed by atoms with Gasteiger partial charge in [0.05, 0.1) is 21.6 Å². The summed E-state index contributed by atoms with van der Waals surface area (Å²) in [4.78, 5) is 54.4. The highest BCUT2D eigenvalue weighted by Gasteiger charge is 3.03. The van der Waals surface area contributed by atoms with Crippen molar-refractivity contribution in [3.8, 4) is 11.1 Å². The predicted octanol–water partition coefficient (Wildman–Crippen LogP) is 3.11. The lowest BCUT2D eigenvalue weighted by atomic mass is 9.64. The average molecular weight is 469 g/mol. The molecule has 0 bridgehead atoms. The number of para-hydroxylation sites is 1. The summed E-state index contributed by atoms with van der Waals surface area (Å²) in [6.07, 6.45) is 3.02. The molecule has 0 radical (unpaired) electrons. The van der Waals surface area contributed by atoms with Gasteiger partial charge in [0, 0.05) is 23.5 Å². The van der Waals surface area contributed by atoms with Crippen LogP contribution in [0.1, 0.15) is 32.3 Å². The zero-order valence-electron chi connectivity index (χ0n) is 19.3. The number of carbonyl (C=O) groups is 3. The highest BCUT2D eigenvalue weighted by Crippen LogP contribution is 2.85. The third-order valence-electron chi connectivity index (χ3n) is 9.29. The SMILES string of the molecule is CC1(C)C(=O)C(c2cccc(-c3ccccc3)c2[N+](=O)[O-])=CC23NC(=O)C45CCCN4C(=O)C25C13. The molecule has 8 nitrogen and oxygen atoms in total. The van der Waals surface area contributed by atoms with Crippen molar-refractivity contribution in [3.63, 3.8) is 0 Å². The minimum absolute atomic E-state index is 0.0794. The molecule has 1 N–H and O–H groups in total. The first kappa shape index (κ1) is 20.6. The van der Waals surface area contributed by atoms with Crippen molar-refractivity contribution >= 4 is 28.9 Å². The van der Waals surface area contributed by atoms with Crippen molar-refractivity contribution in [2.75, 3.05) is 6.54 Å². The topological polar surface area (TPSA) is 110 Å². The van der Waals surface area contributed by atoms with E-state index in [4.69, 9.17) is 0 Å². The molecule has 2 aromatic rings. The maximum atomic E-state index is 14.0. The Morgan fingerprint density at radius 2 is 1.74 bits per heavy atom. The van der Waals surface area contributed by atoms with Gasteiger partial charge in [-0.15, -0.1) is 0 Å². The van der Waals surface area contributed by atoms with Crippen molar-refractivity contribution in [3.05, 3.63) is 70.3 Å². The smallest absolute Gasteiger partial charge is 0.285 e. The number of carbonyl (C=O) groups excluding carboxylic acids is 3. The molecule has 0 aromatic heterocycles. The quantitative estimate of drug-likeness (QED) is 0.422. The van der Waals surface area contributed by atoms with Gasteiger partial charge in [-0.1, -0.05) is 50.2 Å². The van der Waals surface area contributed by atoms with Gasteiger partial charge in [-0.2, -0.15) is 0 Å². The molecular weight excluding hydrogens is 446 g/mol. The lowest BCUT2D eigenvalue weighted by molar-refractivity contribution is -0.384. The summed E-state index contributed by atoms with van der Waals surface area (Å²) in [7, 11) is 0. The summed E-state index contributed by atoms with van der Waals surface area (Å²) in [5.74, 6) is -0.850. The molecule has 35 heavy (non-hydrogen) atoms. The summed E-state index contributed by atoms with van der Waals surface area (Å²) >= 11 is 0. The Kier molecular flexibility index (Phi) is 3.45. The normalized spacial score (nSPS) is 35.3. The summed E-state index contributed by atoms with van der Waals surface area (Å²) in [5.41, 5.74) is -2.51. The van der Waals surface area contributed by atoms with Gasteiger partial charge in [-0.25, -0.2) is 0 Å². The summed E-state index contributed by atoms with van der Waals surface area (Å²) in [6, 6.07) is 14.0. The highest BCUT2D eigenvalue weighted by molar-refractivity contribution is 6.29. The molecule has 4 unspecified atom stereocenters. The average Bonchev–Trinajstić information content (AvgIpc) is 3.21. The summed E-state index contributed by atoms with van der Waals surface area (Å²) < 4.78 is 0. The minimum Gasteiger partial charge on any atom is -0.343 e. The van der Waals surface area contributed by atoms with Gasteiger partial charge in [-0.05, 0) is 36.6 Å². The number of ketones is 1. The zero-order chi connectivity index (χ0) is 24.5. The van der Waals surface area contributed by atoms with Crippen LogP contribution >= 0.6 is 0 Å². The molecule has 7 rings (SSSR count). The number of nitrogens with one attached hydrogen (secondary N) is 1. The molecule has 3 heterocycles. The largest absolute Gasteiger partial charge is 0.343 e. The van der Waals surface area contributed by atoms with Crippen LogP contribution in [0, 0.1) is 26.9 Å². The van der Waals surface area contributed by atoms with Crippen molar-refractivity contribution in [2.24, 2.45) is 16.7 Å². The maximum Gasteiger partial charge on any atom is 0.285 e. The van der Waals surface area contributed by atoms with Crippen LogP contribution in [0.4, 0.5) is 5.69 Å². The van der Waals surface area contributed by atoms with E-state index in [1.165, 1.54) is 0 Å². The predicted molar refractivity (Wildman–Crippen MR) is 126 cm³/mol. The first-order chi connectivity index (χ1) is 16.7. The number of hydrogen-bond acceptors (Lipinski definition) is 5. The van der Waals surface area contributed by atoms with Crippen LogP contribution in [-0.4, -0.2) is 45.0 Å². The second kappa shape index (κ2) is 5.87. The Balaban J connectivity index is 1.47.